The average Bonchev–Trinajstić information content (AvgIpc) is 2.49. The first-order chi connectivity index (χ1) is 9.70. The van der Waals surface area contributed by atoms with E-state index in [1.807, 2.05) is 12.1 Å². The van der Waals surface area contributed by atoms with Gasteiger partial charge in [-0.3, -0.25) is 10.1 Å². The highest BCUT2D eigenvalue weighted by Gasteiger charge is 2.19. The number of nitro benzene ring substituents is 1. The van der Waals surface area contributed by atoms with Crippen molar-refractivity contribution in [1.82, 2.24) is 10.2 Å². The van der Waals surface area contributed by atoms with E-state index in [1.54, 1.807) is 12.1 Å². The predicted octanol–water partition coefficient (Wildman–Crippen LogP) is 2.21. The summed E-state index contributed by atoms with van der Waals surface area (Å²) in [6.45, 7) is 6.52. The predicted molar refractivity (Wildman–Crippen MR) is 79.9 cm³/mol. The zero-order valence-electron chi connectivity index (χ0n) is 12.0. The van der Waals surface area contributed by atoms with Crippen LogP contribution in [0.2, 0.25) is 0 Å². The van der Waals surface area contributed by atoms with Crippen molar-refractivity contribution < 1.29 is 4.92 Å². The minimum atomic E-state index is -0.350. The summed E-state index contributed by atoms with van der Waals surface area (Å²) < 4.78 is 0. The molecule has 5 heteroatoms. The minimum Gasteiger partial charge on any atom is -0.317 e. The summed E-state index contributed by atoms with van der Waals surface area (Å²) in [4.78, 5) is 12.8. The van der Waals surface area contributed by atoms with Crippen LogP contribution in [-0.4, -0.2) is 42.0 Å². The molecule has 0 unspecified atom stereocenters. The highest BCUT2D eigenvalue weighted by molar-refractivity contribution is 5.32. The van der Waals surface area contributed by atoms with E-state index in [4.69, 9.17) is 0 Å². The van der Waals surface area contributed by atoms with Gasteiger partial charge in [-0.1, -0.05) is 19.1 Å². The molecule has 110 valence electrons. The molecule has 0 atom stereocenters. The molecule has 5 nitrogen and oxygen atoms in total. The summed E-state index contributed by atoms with van der Waals surface area (Å²) in [5.41, 5.74) is 1.34. The molecule has 0 aliphatic carbocycles. The minimum absolute atomic E-state index is 0.166. The van der Waals surface area contributed by atoms with E-state index >= 15 is 0 Å². The van der Waals surface area contributed by atoms with E-state index in [0.717, 1.165) is 32.6 Å². The third kappa shape index (κ3) is 4.02. The van der Waals surface area contributed by atoms with Gasteiger partial charge in [0.05, 0.1) is 4.92 Å². The molecule has 1 aromatic rings. The lowest BCUT2D eigenvalue weighted by Crippen LogP contribution is -2.43. The highest BCUT2D eigenvalue weighted by Crippen LogP contribution is 2.15. The Morgan fingerprint density at radius 3 is 2.50 bits per heavy atom. The maximum absolute atomic E-state index is 10.6. The van der Waals surface area contributed by atoms with Crippen molar-refractivity contribution in [2.75, 3.05) is 26.2 Å². The van der Waals surface area contributed by atoms with Crippen molar-refractivity contribution in [3.05, 3.63) is 39.9 Å². The molecule has 0 bridgehead atoms. The Labute approximate surface area is 120 Å². The largest absolute Gasteiger partial charge is 0.317 e. The summed E-state index contributed by atoms with van der Waals surface area (Å²) in [5.74, 6) is 0. The molecule has 0 amide bonds. The van der Waals surface area contributed by atoms with E-state index in [2.05, 4.69) is 17.1 Å². The van der Waals surface area contributed by atoms with E-state index in [9.17, 15) is 10.1 Å². The second-order valence-corrected chi connectivity index (χ2v) is 5.28. The fourth-order valence-electron chi connectivity index (χ4n) is 2.83. The smallest absolute Gasteiger partial charge is 0.269 e. The monoisotopic (exact) mass is 277 g/mol. The number of nitrogens with one attached hydrogen (secondary N) is 1. The topological polar surface area (TPSA) is 58.4 Å². The maximum Gasteiger partial charge on any atom is 0.269 e. The van der Waals surface area contributed by atoms with Crippen LogP contribution in [0.15, 0.2) is 24.3 Å². The summed E-state index contributed by atoms with van der Waals surface area (Å²) >= 11 is 0. The molecule has 1 aliphatic rings. The number of hydrogen-bond acceptors (Lipinski definition) is 4. The number of rotatable bonds is 6. The van der Waals surface area contributed by atoms with Gasteiger partial charge in [-0.25, -0.2) is 0 Å². The maximum atomic E-state index is 10.6. The van der Waals surface area contributed by atoms with Gasteiger partial charge in [0.15, 0.2) is 0 Å². The van der Waals surface area contributed by atoms with Crippen LogP contribution < -0.4 is 5.32 Å². The van der Waals surface area contributed by atoms with E-state index < -0.39 is 0 Å². The molecule has 20 heavy (non-hydrogen) atoms. The highest BCUT2D eigenvalue weighted by atomic mass is 16.6. The molecular weight excluding hydrogens is 254 g/mol. The second-order valence-electron chi connectivity index (χ2n) is 5.28. The lowest BCUT2D eigenvalue weighted by molar-refractivity contribution is -0.384. The quantitative estimate of drug-likeness (QED) is 0.640. The van der Waals surface area contributed by atoms with Crippen LogP contribution in [0.4, 0.5) is 5.69 Å². The number of benzene rings is 1. The van der Waals surface area contributed by atoms with Crippen LogP contribution in [0, 0.1) is 10.1 Å². The zero-order chi connectivity index (χ0) is 14.4. The standard InChI is InChI=1S/C15H23N3O2/c1-2-17(14-7-10-16-11-8-14)12-9-13-3-5-15(6-4-13)18(19)20/h3-6,14,16H,2,7-12H2,1H3. The Kier molecular flexibility index (Phi) is 5.49. The molecular formula is C15H23N3O2. The lowest BCUT2D eigenvalue weighted by atomic mass is 10.0. The number of likely N-dealkylation sites (N-methyl/N-ethyl adjacent to an activating group) is 1. The van der Waals surface area contributed by atoms with Gasteiger partial charge in [0, 0.05) is 24.7 Å². The Bertz CT molecular complexity index is 427. The Morgan fingerprint density at radius 2 is 1.95 bits per heavy atom. The van der Waals surface area contributed by atoms with Crippen LogP contribution in [0.5, 0.6) is 0 Å². The lowest BCUT2D eigenvalue weighted by Gasteiger charge is -2.33. The van der Waals surface area contributed by atoms with Crippen LogP contribution in [0.25, 0.3) is 0 Å². The first kappa shape index (κ1) is 14.9. The first-order valence-electron chi connectivity index (χ1n) is 7.39. The first-order valence-corrected chi connectivity index (χ1v) is 7.39. The zero-order valence-corrected chi connectivity index (χ0v) is 12.0. The number of non-ortho nitro benzene ring substituents is 1. The van der Waals surface area contributed by atoms with Crippen LogP contribution in [-0.2, 0) is 6.42 Å². The number of piperidine rings is 1. The van der Waals surface area contributed by atoms with Crippen LogP contribution in [0.1, 0.15) is 25.3 Å². The van der Waals surface area contributed by atoms with Crippen molar-refractivity contribution in [2.24, 2.45) is 0 Å². The SMILES string of the molecule is CCN(CCc1ccc([N+](=O)[O-])cc1)C1CCNCC1. The molecule has 2 rings (SSSR count). The molecule has 0 saturated carbocycles. The molecule has 0 spiro atoms. The van der Waals surface area contributed by atoms with Gasteiger partial charge in [0.1, 0.15) is 0 Å². The third-order valence-electron chi connectivity index (χ3n) is 4.07. The van der Waals surface area contributed by atoms with Gasteiger partial charge in [-0.15, -0.1) is 0 Å². The summed E-state index contributed by atoms with van der Waals surface area (Å²) in [6, 6.07) is 7.61. The summed E-state index contributed by atoms with van der Waals surface area (Å²) in [6.07, 6.45) is 3.39. The molecule has 1 N–H and O–H groups in total. The molecule has 1 heterocycles. The number of hydrogen-bond donors (Lipinski definition) is 1. The van der Waals surface area contributed by atoms with Gasteiger partial charge in [-0.2, -0.15) is 0 Å². The van der Waals surface area contributed by atoms with Gasteiger partial charge in [0.25, 0.3) is 5.69 Å². The van der Waals surface area contributed by atoms with E-state index in [-0.39, 0.29) is 10.6 Å². The van der Waals surface area contributed by atoms with E-state index in [0.29, 0.717) is 6.04 Å². The second kappa shape index (κ2) is 7.36. The molecule has 1 aromatic carbocycles. The van der Waals surface area contributed by atoms with Crippen molar-refractivity contribution in [3.8, 4) is 0 Å². The molecule has 1 saturated heterocycles. The Balaban J connectivity index is 1.87. The number of nitro groups is 1. The van der Waals surface area contributed by atoms with Crippen LogP contribution >= 0.6 is 0 Å². The van der Waals surface area contributed by atoms with Gasteiger partial charge in [-0.05, 0) is 44.5 Å². The fraction of sp³-hybridized carbons (Fsp3) is 0.600. The normalized spacial score (nSPS) is 16.5. The van der Waals surface area contributed by atoms with Crippen molar-refractivity contribution >= 4 is 5.69 Å². The van der Waals surface area contributed by atoms with Crippen molar-refractivity contribution in [1.29, 1.82) is 0 Å². The molecule has 0 aromatic heterocycles. The molecule has 1 fully saturated rings. The number of nitrogens with zero attached hydrogens (tertiary/aromatic N) is 2. The van der Waals surface area contributed by atoms with Gasteiger partial charge >= 0.3 is 0 Å². The van der Waals surface area contributed by atoms with Gasteiger partial charge in [0.2, 0.25) is 0 Å². The summed E-state index contributed by atoms with van der Waals surface area (Å²) in [5, 5.41) is 14.0. The van der Waals surface area contributed by atoms with Crippen molar-refractivity contribution in [2.45, 2.75) is 32.2 Å². The van der Waals surface area contributed by atoms with Crippen molar-refractivity contribution in [3.63, 3.8) is 0 Å². The average molecular weight is 277 g/mol. The van der Waals surface area contributed by atoms with Crippen LogP contribution in [0.3, 0.4) is 0 Å². The third-order valence-corrected chi connectivity index (χ3v) is 4.07. The fourth-order valence-corrected chi connectivity index (χ4v) is 2.83. The molecule has 1 aliphatic heterocycles. The summed E-state index contributed by atoms with van der Waals surface area (Å²) in [7, 11) is 0. The molecule has 0 radical (unpaired) electrons. The van der Waals surface area contributed by atoms with Gasteiger partial charge < -0.3 is 10.2 Å². The Hall–Kier alpha value is -1.46. The Morgan fingerprint density at radius 1 is 1.30 bits per heavy atom. The van der Waals surface area contributed by atoms with E-state index in [1.165, 1.54) is 18.4 Å².